The summed E-state index contributed by atoms with van der Waals surface area (Å²) < 4.78 is 0. The zero-order chi connectivity index (χ0) is 15.6. The molecule has 1 fully saturated rings. The van der Waals surface area contributed by atoms with Gasteiger partial charge in [0.1, 0.15) is 0 Å². The Balaban J connectivity index is 1.78. The minimum atomic E-state index is 0.355. The quantitative estimate of drug-likeness (QED) is 0.798. The molecule has 23 heavy (non-hydrogen) atoms. The number of hydrogen-bond donors (Lipinski definition) is 1. The Morgan fingerprint density at radius 3 is 2.78 bits per heavy atom. The van der Waals surface area contributed by atoms with Crippen LogP contribution in [0.2, 0.25) is 0 Å². The fraction of sp³-hybridized carbons (Fsp3) is 0.316. The van der Waals surface area contributed by atoms with Crippen molar-refractivity contribution in [1.29, 1.82) is 0 Å². The van der Waals surface area contributed by atoms with E-state index >= 15 is 0 Å². The Morgan fingerprint density at radius 2 is 2.00 bits per heavy atom. The third kappa shape index (κ3) is 3.02. The molecule has 0 saturated carbocycles. The third-order valence-electron chi connectivity index (χ3n) is 4.52. The Morgan fingerprint density at radius 1 is 1.13 bits per heavy atom. The lowest BCUT2D eigenvalue weighted by Gasteiger charge is -2.35. The average Bonchev–Trinajstić information content (AvgIpc) is 3.02. The van der Waals surface area contributed by atoms with E-state index in [1.807, 2.05) is 23.7 Å². The second-order valence-electron chi connectivity index (χ2n) is 6.20. The number of benzene rings is 1. The lowest BCUT2D eigenvalue weighted by Crippen LogP contribution is -2.45. The second kappa shape index (κ2) is 6.40. The van der Waals surface area contributed by atoms with Gasteiger partial charge in [-0.05, 0) is 47.0 Å². The molecule has 3 aromatic rings. The number of fused-ring (bicyclic) bond motifs is 1. The van der Waals surface area contributed by atoms with E-state index in [9.17, 15) is 0 Å². The first-order valence-electron chi connectivity index (χ1n) is 8.15. The topological polar surface area (TPSA) is 28.2 Å². The van der Waals surface area contributed by atoms with Gasteiger partial charge in [0.25, 0.3) is 0 Å². The van der Waals surface area contributed by atoms with Gasteiger partial charge in [-0.2, -0.15) is 0 Å². The van der Waals surface area contributed by atoms with E-state index in [4.69, 9.17) is 0 Å². The van der Waals surface area contributed by atoms with Crippen molar-refractivity contribution < 1.29 is 0 Å². The molecule has 1 N–H and O–H groups in total. The van der Waals surface area contributed by atoms with Crippen molar-refractivity contribution in [2.45, 2.75) is 13.0 Å². The van der Waals surface area contributed by atoms with E-state index in [1.54, 1.807) is 0 Å². The maximum atomic E-state index is 4.22. The smallest absolute Gasteiger partial charge is 0.0697 e. The Hall–Kier alpha value is -1.75. The SMILES string of the molecule is Cc1csc(C(c2ccc3cnccc3c2)N2CCNCC2)c1. The summed E-state index contributed by atoms with van der Waals surface area (Å²) in [7, 11) is 0. The largest absolute Gasteiger partial charge is 0.314 e. The third-order valence-corrected chi connectivity index (χ3v) is 5.62. The van der Waals surface area contributed by atoms with Gasteiger partial charge >= 0.3 is 0 Å². The maximum Gasteiger partial charge on any atom is 0.0697 e. The monoisotopic (exact) mass is 323 g/mol. The van der Waals surface area contributed by atoms with Gasteiger partial charge in [-0.3, -0.25) is 9.88 Å². The Bertz CT molecular complexity index is 805. The lowest BCUT2D eigenvalue weighted by molar-refractivity contribution is 0.201. The van der Waals surface area contributed by atoms with E-state index in [-0.39, 0.29) is 0 Å². The molecule has 0 amide bonds. The van der Waals surface area contributed by atoms with E-state index < -0.39 is 0 Å². The maximum absolute atomic E-state index is 4.22. The number of aromatic nitrogens is 1. The molecule has 2 aromatic heterocycles. The van der Waals surface area contributed by atoms with Gasteiger partial charge in [0.2, 0.25) is 0 Å². The predicted molar refractivity (Wildman–Crippen MR) is 97.1 cm³/mol. The van der Waals surface area contributed by atoms with Crippen LogP contribution >= 0.6 is 11.3 Å². The fourth-order valence-electron chi connectivity index (χ4n) is 3.36. The number of pyridine rings is 1. The highest BCUT2D eigenvalue weighted by molar-refractivity contribution is 7.10. The van der Waals surface area contributed by atoms with Crippen molar-refractivity contribution in [3.05, 3.63) is 64.1 Å². The van der Waals surface area contributed by atoms with Crippen molar-refractivity contribution in [3.8, 4) is 0 Å². The second-order valence-corrected chi connectivity index (χ2v) is 7.14. The average molecular weight is 323 g/mol. The first-order valence-corrected chi connectivity index (χ1v) is 9.03. The van der Waals surface area contributed by atoms with Crippen LogP contribution in [0.3, 0.4) is 0 Å². The van der Waals surface area contributed by atoms with E-state index in [2.05, 4.69) is 57.8 Å². The summed E-state index contributed by atoms with van der Waals surface area (Å²) in [6.45, 7) is 6.50. The molecule has 0 bridgehead atoms. The highest BCUT2D eigenvalue weighted by atomic mass is 32.1. The molecular weight excluding hydrogens is 302 g/mol. The number of piperazine rings is 1. The first-order chi connectivity index (χ1) is 11.3. The Labute approximate surface area is 141 Å². The number of aryl methyl sites for hydroxylation is 1. The van der Waals surface area contributed by atoms with Crippen LogP contribution in [0.5, 0.6) is 0 Å². The van der Waals surface area contributed by atoms with Gasteiger partial charge in [-0.15, -0.1) is 11.3 Å². The molecular formula is C19H21N3S. The number of nitrogens with one attached hydrogen (secondary N) is 1. The molecule has 118 valence electrons. The molecule has 1 unspecified atom stereocenters. The minimum Gasteiger partial charge on any atom is -0.314 e. The molecule has 3 nitrogen and oxygen atoms in total. The summed E-state index contributed by atoms with van der Waals surface area (Å²) in [6.07, 6.45) is 3.81. The van der Waals surface area contributed by atoms with E-state index in [0.29, 0.717) is 6.04 Å². The van der Waals surface area contributed by atoms with Crippen LogP contribution in [0, 0.1) is 6.92 Å². The molecule has 0 radical (unpaired) electrons. The Kier molecular flexibility index (Phi) is 4.12. The summed E-state index contributed by atoms with van der Waals surface area (Å²) in [5.74, 6) is 0. The van der Waals surface area contributed by atoms with Gasteiger partial charge < -0.3 is 5.32 Å². The van der Waals surface area contributed by atoms with Crippen molar-refractivity contribution in [2.24, 2.45) is 0 Å². The van der Waals surface area contributed by atoms with Crippen molar-refractivity contribution in [3.63, 3.8) is 0 Å². The zero-order valence-electron chi connectivity index (χ0n) is 13.3. The van der Waals surface area contributed by atoms with Crippen molar-refractivity contribution in [1.82, 2.24) is 15.2 Å². The van der Waals surface area contributed by atoms with Crippen molar-refractivity contribution >= 4 is 22.1 Å². The van der Waals surface area contributed by atoms with Gasteiger partial charge in [0.15, 0.2) is 0 Å². The molecule has 0 spiro atoms. The summed E-state index contributed by atoms with van der Waals surface area (Å²) in [5, 5.41) is 8.20. The summed E-state index contributed by atoms with van der Waals surface area (Å²) in [4.78, 5) is 8.27. The van der Waals surface area contributed by atoms with Gasteiger partial charge in [0.05, 0.1) is 6.04 Å². The number of nitrogens with zero attached hydrogens (tertiary/aromatic N) is 2. The molecule has 3 heterocycles. The number of rotatable bonds is 3. The van der Waals surface area contributed by atoms with Crippen LogP contribution < -0.4 is 5.32 Å². The van der Waals surface area contributed by atoms with Crippen LogP contribution in [-0.2, 0) is 0 Å². The first kappa shape index (κ1) is 14.8. The highest BCUT2D eigenvalue weighted by Crippen LogP contribution is 2.34. The predicted octanol–water partition coefficient (Wildman–Crippen LogP) is 3.60. The summed E-state index contributed by atoms with van der Waals surface area (Å²) in [5.41, 5.74) is 2.74. The summed E-state index contributed by atoms with van der Waals surface area (Å²) >= 11 is 1.88. The van der Waals surface area contributed by atoms with Gasteiger partial charge in [-0.1, -0.05) is 12.1 Å². The fourth-order valence-corrected chi connectivity index (χ4v) is 4.42. The molecule has 1 atom stereocenters. The van der Waals surface area contributed by atoms with Crippen LogP contribution in [-0.4, -0.2) is 36.1 Å². The van der Waals surface area contributed by atoms with Gasteiger partial charge in [-0.25, -0.2) is 0 Å². The van der Waals surface area contributed by atoms with Crippen LogP contribution in [0.15, 0.2) is 48.1 Å². The standard InChI is InChI=1S/C19H21N3S/c1-14-10-18(23-13-14)19(22-8-6-20-7-9-22)16-2-3-17-12-21-5-4-15(17)11-16/h2-5,10-13,19-20H,6-9H2,1H3. The molecule has 1 aliphatic rings. The number of hydrogen-bond acceptors (Lipinski definition) is 4. The molecule has 1 saturated heterocycles. The van der Waals surface area contributed by atoms with E-state index in [1.165, 1.54) is 26.8 Å². The molecule has 1 aromatic carbocycles. The highest BCUT2D eigenvalue weighted by Gasteiger charge is 2.25. The number of thiophene rings is 1. The van der Waals surface area contributed by atoms with E-state index in [0.717, 1.165) is 26.2 Å². The lowest BCUT2D eigenvalue weighted by atomic mass is 9.99. The van der Waals surface area contributed by atoms with Crippen LogP contribution in [0.4, 0.5) is 0 Å². The van der Waals surface area contributed by atoms with Crippen LogP contribution in [0.1, 0.15) is 22.0 Å². The molecule has 0 aliphatic carbocycles. The molecule has 4 rings (SSSR count). The summed E-state index contributed by atoms with van der Waals surface area (Å²) in [6, 6.07) is 11.6. The molecule has 4 heteroatoms. The molecule has 1 aliphatic heterocycles. The minimum absolute atomic E-state index is 0.355. The zero-order valence-corrected chi connectivity index (χ0v) is 14.1. The normalized spacial score (nSPS) is 17.4. The van der Waals surface area contributed by atoms with Crippen molar-refractivity contribution in [2.75, 3.05) is 26.2 Å². The van der Waals surface area contributed by atoms with Crippen LogP contribution in [0.25, 0.3) is 10.8 Å². The van der Waals surface area contributed by atoms with Gasteiger partial charge in [0, 0.05) is 48.8 Å².